The molecular weight excluding hydrogens is 369 g/mol. The number of halogens is 3. The Morgan fingerprint density at radius 2 is 2.12 bits per heavy atom. The maximum atomic E-state index is 6.21. The minimum Gasteiger partial charge on any atom is -0.383 e. The average molecular weight is 386 g/mol. The Kier molecular flexibility index (Phi) is 7.71. The quantitative estimate of drug-likeness (QED) is 0.659. The minimum absolute atomic E-state index is 0.737. The molecule has 96 valence electrons. The second-order valence-electron chi connectivity index (χ2n) is 3.69. The molecule has 0 saturated carbocycles. The first-order valence-electron chi connectivity index (χ1n) is 5.38. The average Bonchev–Trinajstić information content (AvgIpc) is 2.29. The molecule has 0 amide bonds. The largest absolute Gasteiger partial charge is 0.383 e. The lowest BCUT2D eigenvalue weighted by Crippen LogP contribution is -2.28. The summed E-state index contributed by atoms with van der Waals surface area (Å²) in [4.78, 5) is 2.31. The third kappa shape index (κ3) is 5.71. The number of hydrogen-bond acceptors (Lipinski definition) is 2. The van der Waals surface area contributed by atoms with Gasteiger partial charge < -0.3 is 4.74 Å². The lowest BCUT2D eigenvalue weighted by atomic mass is 10.2. The molecule has 1 rings (SSSR count). The monoisotopic (exact) mass is 383 g/mol. The molecular formula is C12H16Br2ClNO. The molecule has 1 aromatic rings. The molecule has 0 unspecified atom stereocenters. The third-order valence-electron chi connectivity index (χ3n) is 2.42. The van der Waals surface area contributed by atoms with E-state index >= 15 is 0 Å². The van der Waals surface area contributed by atoms with Crippen molar-refractivity contribution in [3.8, 4) is 0 Å². The zero-order chi connectivity index (χ0) is 12.7. The van der Waals surface area contributed by atoms with Gasteiger partial charge in [-0.05, 0) is 17.7 Å². The van der Waals surface area contributed by atoms with Crippen LogP contribution < -0.4 is 0 Å². The lowest BCUT2D eigenvalue weighted by Gasteiger charge is -2.21. The van der Waals surface area contributed by atoms with E-state index < -0.39 is 0 Å². The number of rotatable bonds is 7. The zero-order valence-corrected chi connectivity index (χ0v) is 13.7. The van der Waals surface area contributed by atoms with Gasteiger partial charge >= 0.3 is 0 Å². The van der Waals surface area contributed by atoms with Crippen LogP contribution in [-0.4, -0.2) is 37.0 Å². The van der Waals surface area contributed by atoms with Crippen LogP contribution in [0.25, 0.3) is 0 Å². The van der Waals surface area contributed by atoms with Gasteiger partial charge in [0.15, 0.2) is 0 Å². The van der Waals surface area contributed by atoms with Crippen LogP contribution in [0.5, 0.6) is 0 Å². The van der Waals surface area contributed by atoms with E-state index in [0.717, 1.165) is 46.6 Å². The van der Waals surface area contributed by atoms with Gasteiger partial charge in [0.1, 0.15) is 0 Å². The van der Waals surface area contributed by atoms with Gasteiger partial charge in [-0.1, -0.05) is 49.5 Å². The van der Waals surface area contributed by atoms with E-state index in [1.54, 1.807) is 7.11 Å². The van der Waals surface area contributed by atoms with E-state index in [1.807, 2.05) is 12.1 Å². The highest BCUT2D eigenvalue weighted by Gasteiger charge is 2.08. The molecule has 1 aromatic carbocycles. The standard InChI is InChI=1S/C12H16Br2ClNO/c1-17-7-6-16(5-4-13)9-10-2-3-11(14)8-12(10)15/h2-3,8H,4-7,9H2,1H3. The highest BCUT2D eigenvalue weighted by Crippen LogP contribution is 2.22. The zero-order valence-electron chi connectivity index (χ0n) is 9.76. The van der Waals surface area contributed by atoms with Crippen LogP contribution in [0.15, 0.2) is 22.7 Å². The molecule has 0 spiro atoms. The van der Waals surface area contributed by atoms with Crippen LogP contribution in [0.2, 0.25) is 5.02 Å². The normalized spacial score (nSPS) is 11.1. The number of methoxy groups -OCH3 is 1. The Labute approximate surface area is 125 Å². The Morgan fingerprint density at radius 1 is 1.35 bits per heavy atom. The van der Waals surface area contributed by atoms with Gasteiger partial charge in [0.2, 0.25) is 0 Å². The van der Waals surface area contributed by atoms with E-state index in [9.17, 15) is 0 Å². The summed E-state index contributed by atoms with van der Waals surface area (Å²) in [6, 6.07) is 6.00. The topological polar surface area (TPSA) is 12.5 Å². The molecule has 0 aliphatic heterocycles. The van der Waals surface area contributed by atoms with E-state index in [1.165, 1.54) is 0 Å². The molecule has 0 aromatic heterocycles. The van der Waals surface area contributed by atoms with Gasteiger partial charge in [0.05, 0.1) is 6.61 Å². The fraction of sp³-hybridized carbons (Fsp3) is 0.500. The van der Waals surface area contributed by atoms with Crippen LogP contribution in [0.1, 0.15) is 5.56 Å². The molecule has 0 aliphatic rings. The highest BCUT2D eigenvalue weighted by atomic mass is 79.9. The Bertz CT molecular complexity index is 349. The van der Waals surface area contributed by atoms with Crippen molar-refractivity contribution in [1.82, 2.24) is 4.90 Å². The van der Waals surface area contributed by atoms with E-state index in [-0.39, 0.29) is 0 Å². The number of hydrogen-bond donors (Lipinski definition) is 0. The molecule has 2 nitrogen and oxygen atoms in total. The van der Waals surface area contributed by atoms with E-state index in [4.69, 9.17) is 16.3 Å². The molecule has 0 fully saturated rings. The molecule has 0 radical (unpaired) electrons. The Hall–Kier alpha value is 0.390. The van der Waals surface area contributed by atoms with E-state index in [0.29, 0.717) is 0 Å². The van der Waals surface area contributed by atoms with Crippen molar-refractivity contribution in [2.75, 3.05) is 32.1 Å². The molecule has 0 N–H and O–H groups in total. The van der Waals surface area contributed by atoms with Crippen LogP contribution in [-0.2, 0) is 11.3 Å². The van der Waals surface area contributed by atoms with Gasteiger partial charge in [0, 0.05) is 41.6 Å². The summed E-state index contributed by atoms with van der Waals surface area (Å²) < 4.78 is 6.12. The van der Waals surface area contributed by atoms with Gasteiger partial charge in [0.25, 0.3) is 0 Å². The second kappa shape index (κ2) is 8.48. The van der Waals surface area contributed by atoms with Crippen LogP contribution in [0.4, 0.5) is 0 Å². The SMILES string of the molecule is COCCN(CCBr)Cc1ccc(Br)cc1Cl. The second-order valence-corrected chi connectivity index (χ2v) is 5.81. The lowest BCUT2D eigenvalue weighted by molar-refractivity contribution is 0.148. The van der Waals surface area contributed by atoms with Crippen molar-refractivity contribution in [3.05, 3.63) is 33.3 Å². The molecule has 0 saturated heterocycles. The first-order chi connectivity index (χ1) is 8.17. The molecule has 0 heterocycles. The van der Waals surface area contributed by atoms with Crippen LogP contribution in [0.3, 0.4) is 0 Å². The third-order valence-corrected chi connectivity index (χ3v) is 3.62. The number of alkyl halides is 1. The summed E-state index contributed by atoms with van der Waals surface area (Å²) in [5.41, 5.74) is 1.15. The maximum absolute atomic E-state index is 6.21. The molecule has 17 heavy (non-hydrogen) atoms. The molecule has 0 bridgehead atoms. The fourth-order valence-electron chi connectivity index (χ4n) is 1.50. The maximum Gasteiger partial charge on any atom is 0.0589 e. The first kappa shape index (κ1) is 15.4. The van der Waals surface area contributed by atoms with Crippen LogP contribution >= 0.6 is 43.5 Å². The summed E-state index contributed by atoms with van der Waals surface area (Å²) in [5, 5.41) is 1.75. The molecule has 5 heteroatoms. The predicted octanol–water partition coefficient (Wildman–Crippen LogP) is 3.95. The Balaban J connectivity index is 2.64. The minimum atomic E-state index is 0.737. The van der Waals surface area contributed by atoms with Crippen LogP contribution in [0, 0.1) is 0 Å². The highest BCUT2D eigenvalue weighted by molar-refractivity contribution is 9.10. The summed E-state index contributed by atoms with van der Waals surface area (Å²) in [6.07, 6.45) is 0. The van der Waals surface area contributed by atoms with Gasteiger partial charge in [-0.3, -0.25) is 4.90 Å². The predicted molar refractivity (Wildman–Crippen MR) is 80.1 cm³/mol. The van der Waals surface area contributed by atoms with Crippen molar-refractivity contribution < 1.29 is 4.74 Å². The summed E-state index contributed by atoms with van der Waals surface area (Å²) >= 11 is 13.1. The fourth-order valence-corrected chi connectivity index (χ4v) is 2.74. The Morgan fingerprint density at radius 3 is 2.71 bits per heavy atom. The van der Waals surface area contributed by atoms with Crippen molar-refractivity contribution in [2.45, 2.75) is 6.54 Å². The van der Waals surface area contributed by atoms with Crippen molar-refractivity contribution in [2.24, 2.45) is 0 Å². The van der Waals surface area contributed by atoms with Crippen molar-refractivity contribution in [3.63, 3.8) is 0 Å². The summed E-state index contributed by atoms with van der Waals surface area (Å²) in [7, 11) is 1.72. The summed E-state index contributed by atoms with van der Waals surface area (Å²) in [6.45, 7) is 3.48. The van der Waals surface area contributed by atoms with Gasteiger partial charge in [-0.15, -0.1) is 0 Å². The number of nitrogens with zero attached hydrogens (tertiary/aromatic N) is 1. The molecule has 0 atom stereocenters. The van der Waals surface area contributed by atoms with E-state index in [2.05, 4.69) is 42.8 Å². The first-order valence-corrected chi connectivity index (χ1v) is 7.67. The van der Waals surface area contributed by atoms with Crippen molar-refractivity contribution in [1.29, 1.82) is 0 Å². The van der Waals surface area contributed by atoms with Crippen molar-refractivity contribution >= 4 is 43.5 Å². The number of benzene rings is 1. The smallest absolute Gasteiger partial charge is 0.0589 e. The van der Waals surface area contributed by atoms with Gasteiger partial charge in [-0.25, -0.2) is 0 Å². The number of ether oxygens (including phenoxy) is 1. The van der Waals surface area contributed by atoms with Gasteiger partial charge in [-0.2, -0.15) is 0 Å². The molecule has 0 aliphatic carbocycles. The summed E-state index contributed by atoms with van der Waals surface area (Å²) in [5.74, 6) is 0.